The normalized spacial score (nSPS) is 19.6. The number of ether oxygens (including phenoxy) is 1. The lowest BCUT2D eigenvalue weighted by molar-refractivity contribution is -0.137. The molecule has 0 bridgehead atoms. The standard InChI is InChI=1S/C16H22FNO3/c17-15-7-2-1-5-13(15)12-21-14-6-3-9-18(11-14)10-4-8-16(19)20/h1-2,5,7,14H,3-4,6,8-12H2,(H,19,20)/t14-/m0/s1. The van der Waals surface area contributed by atoms with Crippen molar-refractivity contribution in [2.45, 2.75) is 38.4 Å². The summed E-state index contributed by atoms with van der Waals surface area (Å²) in [6, 6.07) is 6.66. The van der Waals surface area contributed by atoms with Crippen molar-refractivity contribution in [2.75, 3.05) is 19.6 Å². The van der Waals surface area contributed by atoms with Crippen LogP contribution >= 0.6 is 0 Å². The van der Waals surface area contributed by atoms with Crippen LogP contribution in [0.4, 0.5) is 4.39 Å². The van der Waals surface area contributed by atoms with E-state index in [1.165, 1.54) is 6.07 Å². The molecule has 0 amide bonds. The van der Waals surface area contributed by atoms with Gasteiger partial charge in [-0.25, -0.2) is 4.39 Å². The molecule has 1 heterocycles. The number of aliphatic carboxylic acids is 1. The molecule has 1 aliphatic heterocycles. The van der Waals surface area contributed by atoms with Gasteiger partial charge in [-0.2, -0.15) is 0 Å². The highest BCUT2D eigenvalue weighted by atomic mass is 19.1. The Morgan fingerprint density at radius 3 is 3.00 bits per heavy atom. The van der Waals surface area contributed by atoms with E-state index < -0.39 is 5.97 Å². The van der Waals surface area contributed by atoms with Crippen molar-refractivity contribution in [1.29, 1.82) is 0 Å². The maximum atomic E-state index is 13.5. The van der Waals surface area contributed by atoms with Gasteiger partial charge in [-0.15, -0.1) is 0 Å². The molecule has 1 aromatic carbocycles. The second kappa shape index (κ2) is 8.10. The largest absolute Gasteiger partial charge is 0.481 e. The summed E-state index contributed by atoms with van der Waals surface area (Å²) in [5, 5.41) is 8.65. The first-order valence-electron chi connectivity index (χ1n) is 7.44. The lowest BCUT2D eigenvalue weighted by Gasteiger charge is -2.32. The van der Waals surface area contributed by atoms with Crippen molar-refractivity contribution in [2.24, 2.45) is 0 Å². The predicted molar refractivity (Wildman–Crippen MR) is 77.5 cm³/mol. The number of carboxylic acid groups (broad SMARTS) is 1. The van der Waals surface area contributed by atoms with Crippen LogP contribution < -0.4 is 0 Å². The molecule has 0 unspecified atom stereocenters. The van der Waals surface area contributed by atoms with Crippen LogP contribution in [0.3, 0.4) is 0 Å². The van der Waals surface area contributed by atoms with E-state index in [0.717, 1.165) is 32.5 Å². The molecule has 5 heteroatoms. The highest BCUT2D eigenvalue weighted by Crippen LogP contribution is 2.16. The quantitative estimate of drug-likeness (QED) is 0.840. The molecule has 4 nitrogen and oxygen atoms in total. The molecule has 0 saturated carbocycles. The fraction of sp³-hybridized carbons (Fsp3) is 0.562. The maximum Gasteiger partial charge on any atom is 0.303 e. The molecular weight excluding hydrogens is 273 g/mol. The van der Waals surface area contributed by atoms with Crippen LogP contribution in [0.25, 0.3) is 0 Å². The van der Waals surface area contributed by atoms with Crippen LogP contribution in [-0.2, 0) is 16.1 Å². The maximum absolute atomic E-state index is 13.5. The molecule has 1 fully saturated rings. The van der Waals surface area contributed by atoms with Gasteiger partial charge in [0.1, 0.15) is 5.82 Å². The van der Waals surface area contributed by atoms with Gasteiger partial charge in [-0.3, -0.25) is 4.79 Å². The molecule has 1 saturated heterocycles. The molecule has 1 aromatic rings. The predicted octanol–water partition coefficient (Wildman–Crippen LogP) is 2.67. The van der Waals surface area contributed by atoms with Gasteiger partial charge in [0, 0.05) is 18.5 Å². The Labute approximate surface area is 124 Å². The molecule has 1 N–H and O–H groups in total. The number of nitrogens with zero attached hydrogens (tertiary/aromatic N) is 1. The van der Waals surface area contributed by atoms with E-state index in [9.17, 15) is 9.18 Å². The smallest absolute Gasteiger partial charge is 0.303 e. The van der Waals surface area contributed by atoms with Crippen LogP contribution in [0.15, 0.2) is 24.3 Å². The number of benzene rings is 1. The second-order valence-corrected chi connectivity index (χ2v) is 5.46. The third-order valence-electron chi connectivity index (χ3n) is 3.76. The van der Waals surface area contributed by atoms with E-state index >= 15 is 0 Å². The number of rotatable bonds is 7. The van der Waals surface area contributed by atoms with E-state index in [1.807, 2.05) is 0 Å². The Morgan fingerprint density at radius 1 is 1.43 bits per heavy atom. The molecule has 0 aromatic heterocycles. The molecular formula is C16H22FNO3. The van der Waals surface area contributed by atoms with E-state index in [0.29, 0.717) is 18.6 Å². The summed E-state index contributed by atoms with van der Waals surface area (Å²) < 4.78 is 19.3. The number of hydrogen-bond acceptors (Lipinski definition) is 3. The molecule has 0 spiro atoms. The number of carbonyl (C=O) groups is 1. The van der Waals surface area contributed by atoms with Gasteiger partial charge in [0.2, 0.25) is 0 Å². The average Bonchev–Trinajstić information content (AvgIpc) is 2.46. The number of carboxylic acids is 1. The molecule has 0 aliphatic carbocycles. The number of hydrogen-bond donors (Lipinski definition) is 1. The van der Waals surface area contributed by atoms with Gasteiger partial charge in [0.15, 0.2) is 0 Å². The Morgan fingerprint density at radius 2 is 2.24 bits per heavy atom. The first kappa shape index (κ1) is 15.9. The fourth-order valence-electron chi connectivity index (χ4n) is 2.63. The zero-order valence-corrected chi connectivity index (χ0v) is 12.1. The first-order valence-corrected chi connectivity index (χ1v) is 7.44. The third-order valence-corrected chi connectivity index (χ3v) is 3.76. The van der Waals surface area contributed by atoms with Gasteiger partial charge in [0.05, 0.1) is 12.7 Å². The fourth-order valence-corrected chi connectivity index (χ4v) is 2.63. The topological polar surface area (TPSA) is 49.8 Å². The minimum Gasteiger partial charge on any atom is -0.481 e. The van der Waals surface area contributed by atoms with Crippen LogP contribution in [0.2, 0.25) is 0 Å². The van der Waals surface area contributed by atoms with Gasteiger partial charge < -0.3 is 14.7 Å². The molecule has 2 rings (SSSR count). The summed E-state index contributed by atoms with van der Waals surface area (Å²) >= 11 is 0. The van der Waals surface area contributed by atoms with Gasteiger partial charge >= 0.3 is 5.97 Å². The Bertz CT molecular complexity index is 467. The molecule has 116 valence electrons. The number of halogens is 1. The van der Waals surface area contributed by atoms with E-state index in [1.54, 1.807) is 18.2 Å². The van der Waals surface area contributed by atoms with Crippen molar-refractivity contribution in [3.63, 3.8) is 0 Å². The third kappa shape index (κ3) is 5.44. The van der Waals surface area contributed by atoms with Crippen molar-refractivity contribution >= 4 is 5.97 Å². The SMILES string of the molecule is O=C(O)CCCN1CCC[C@H](OCc2ccccc2F)C1. The van der Waals surface area contributed by atoms with Crippen LogP contribution in [0.5, 0.6) is 0 Å². The summed E-state index contributed by atoms with van der Waals surface area (Å²) in [5.74, 6) is -0.981. The highest BCUT2D eigenvalue weighted by Gasteiger charge is 2.20. The number of likely N-dealkylation sites (tertiary alicyclic amines) is 1. The van der Waals surface area contributed by atoms with E-state index in [2.05, 4.69) is 4.90 Å². The minimum atomic E-state index is -0.751. The summed E-state index contributed by atoms with van der Waals surface area (Å²) in [6.45, 7) is 2.86. The van der Waals surface area contributed by atoms with Crippen molar-refractivity contribution < 1.29 is 19.0 Å². The molecule has 0 radical (unpaired) electrons. The van der Waals surface area contributed by atoms with Crippen LogP contribution in [-0.4, -0.2) is 41.7 Å². The summed E-state index contributed by atoms with van der Waals surface area (Å²) in [4.78, 5) is 12.8. The van der Waals surface area contributed by atoms with Crippen LogP contribution in [0.1, 0.15) is 31.2 Å². The van der Waals surface area contributed by atoms with Gasteiger partial charge in [0.25, 0.3) is 0 Å². The monoisotopic (exact) mass is 295 g/mol. The molecule has 21 heavy (non-hydrogen) atoms. The van der Waals surface area contributed by atoms with E-state index in [-0.39, 0.29) is 18.3 Å². The van der Waals surface area contributed by atoms with Gasteiger partial charge in [-0.05, 0) is 38.4 Å². The Balaban J connectivity index is 1.74. The van der Waals surface area contributed by atoms with Gasteiger partial charge in [-0.1, -0.05) is 18.2 Å². The lowest BCUT2D eigenvalue weighted by Crippen LogP contribution is -2.40. The summed E-state index contributed by atoms with van der Waals surface area (Å²) in [7, 11) is 0. The Kier molecular flexibility index (Phi) is 6.14. The summed E-state index contributed by atoms with van der Waals surface area (Å²) in [6.07, 6.45) is 2.98. The highest BCUT2D eigenvalue weighted by molar-refractivity contribution is 5.66. The van der Waals surface area contributed by atoms with Crippen molar-refractivity contribution in [3.8, 4) is 0 Å². The van der Waals surface area contributed by atoms with E-state index in [4.69, 9.17) is 9.84 Å². The Hall–Kier alpha value is -1.46. The molecule has 1 atom stereocenters. The zero-order chi connectivity index (χ0) is 15.1. The minimum absolute atomic E-state index is 0.100. The average molecular weight is 295 g/mol. The zero-order valence-electron chi connectivity index (χ0n) is 12.1. The summed E-state index contributed by atoms with van der Waals surface area (Å²) in [5.41, 5.74) is 0.584. The first-order chi connectivity index (χ1) is 10.1. The van der Waals surface area contributed by atoms with Crippen molar-refractivity contribution in [3.05, 3.63) is 35.6 Å². The number of piperidine rings is 1. The second-order valence-electron chi connectivity index (χ2n) is 5.46. The van der Waals surface area contributed by atoms with Crippen molar-refractivity contribution in [1.82, 2.24) is 4.90 Å². The molecule has 1 aliphatic rings. The van der Waals surface area contributed by atoms with Crippen LogP contribution in [0, 0.1) is 5.82 Å². The lowest BCUT2D eigenvalue weighted by atomic mass is 10.1.